The minimum atomic E-state index is 0.0614. The number of hydrogen-bond acceptors (Lipinski definition) is 3. The van der Waals surface area contributed by atoms with Crippen molar-refractivity contribution in [3.63, 3.8) is 0 Å². The molecular formula is C19H22N2O2. The van der Waals surface area contributed by atoms with Crippen molar-refractivity contribution in [2.24, 2.45) is 0 Å². The summed E-state index contributed by atoms with van der Waals surface area (Å²) in [4.78, 5) is 18.8. The fourth-order valence-electron chi connectivity index (χ4n) is 3.27. The largest absolute Gasteiger partial charge is 0.396 e. The van der Waals surface area contributed by atoms with Gasteiger partial charge in [0, 0.05) is 36.9 Å². The molecule has 1 N–H and O–H groups in total. The lowest BCUT2D eigenvalue weighted by molar-refractivity contribution is -0.126. The number of benzene rings is 1. The molecule has 0 aliphatic carbocycles. The van der Waals surface area contributed by atoms with Gasteiger partial charge in [0.05, 0.1) is 5.52 Å². The molecule has 1 atom stereocenters. The van der Waals surface area contributed by atoms with Crippen LogP contribution < -0.4 is 0 Å². The summed E-state index contributed by atoms with van der Waals surface area (Å²) >= 11 is 0. The van der Waals surface area contributed by atoms with Crippen molar-refractivity contribution >= 4 is 22.9 Å². The first-order valence-electron chi connectivity index (χ1n) is 8.23. The maximum absolute atomic E-state index is 12.5. The predicted molar refractivity (Wildman–Crippen MR) is 91.8 cm³/mol. The molecule has 1 saturated heterocycles. The Morgan fingerprint density at radius 1 is 1.35 bits per heavy atom. The van der Waals surface area contributed by atoms with Crippen LogP contribution in [0.1, 0.15) is 31.2 Å². The van der Waals surface area contributed by atoms with Gasteiger partial charge in [0.1, 0.15) is 0 Å². The highest BCUT2D eigenvalue weighted by Crippen LogP contribution is 2.22. The van der Waals surface area contributed by atoms with Gasteiger partial charge in [-0.3, -0.25) is 9.78 Å². The molecule has 1 aliphatic heterocycles. The van der Waals surface area contributed by atoms with Gasteiger partial charge in [-0.2, -0.15) is 0 Å². The number of aliphatic hydroxyl groups excluding tert-OH is 1. The monoisotopic (exact) mass is 310 g/mol. The second-order valence-corrected chi connectivity index (χ2v) is 5.94. The molecule has 0 spiro atoms. The number of likely N-dealkylation sites (tertiary alicyclic amines) is 1. The van der Waals surface area contributed by atoms with Crippen LogP contribution in [0, 0.1) is 0 Å². The zero-order chi connectivity index (χ0) is 16.1. The molecule has 0 radical (unpaired) electrons. The average Bonchev–Trinajstić information content (AvgIpc) is 3.06. The molecule has 1 fully saturated rings. The Hall–Kier alpha value is -2.20. The average molecular weight is 310 g/mol. The summed E-state index contributed by atoms with van der Waals surface area (Å²) in [6.07, 6.45) is 9.05. The van der Waals surface area contributed by atoms with E-state index in [0.29, 0.717) is 0 Å². The standard InChI is InChI=1S/C19H22N2O2/c22-14-4-6-16-5-3-13-21(16)19(23)10-9-15-11-12-20-18-8-2-1-7-17(15)18/h1-2,7-12,16,22H,3-6,13-14H2/b10-9+. The van der Waals surface area contributed by atoms with Crippen LogP contribution in [-0.4, -0.2) is 40.1 Å². The number of para-hydroxylation sites is 1. The van der Waals surface area contributed by atoms with E-state index >= 15 is 0 Å². The number of hydrogen-bond donors (Lipinski definition) is 1. The van der Waals surface area contributed by atoms with Crippen LogP contribution >= 0.6 is 0 Å². The summed E-state index contributed by atoms with van der Waals surface area (Å²) in [5.74, 6) is 0.0614. The number of aromatic nitrogens is 1. The number of carbonyl (C=O) groups is 1. The highest BCUT2D eigenvalue weighted by Gasteiger charge is 2.26. The number of nitrogens with zero attached hydrogens (tertiary/aromatic N) is 2. The normalized spacial score (nSPS) is 18.1. The molecule has 0 bridgehead atoms. The molecule has 23 heavy (non-hydrogen) atoms. The first kappa shape index (κ1) is 15.7. The summed E-state index contributed by atoms with van der Waals surface area (Å²) in [7, 11) is 0. The van der Waals surface area contributed by atoms with Gasteiger partial charge in [-0.25, -0.2) is 0 Å². The molecule has 4 heteroatoms. The van der Waals surface area contributed by atoms with Crippen molar-refractivity contribution in [1.29, 1.82) is 0 Å². The molecular weight excluding hydrogens is 288 g/mol. The van der Waals surface area contributed by atoms with Gasteiger partial charge >= 0.3 is 0 Å². The van der Waals surface area contributed by atoms with Crippen LogP contribution in [0.4, 0.5) is 0 Å². The Kier molecular flexibility index (Phi) is 5.03. The molecule has 1 unspecified atom stereocenters. The highest BCUT2D eigenvalue weighted by atomic mass is 16.3. The Bertz CT molecular complexity index is 706. The maximum Gasteiger partial charge on any atom is 0.246 e. The van der Waals surface area contributed by atoms with Gasteiger partial charge in [0.15, 0.2) is 0 Å². The van der Waals surface area contributed by atoms with Gasteiger partial charge in [0.25, 0.3) is 0 Å². The quantitative estimate of drug-likeness (QED) is 0.864. The molecule has 120 valence electrons. The Balaban J connectivity index is 1.75. The second kappa shape index (κ2) is 7.38. The number of pyridine rings is 1. The molecule has 0 saturated carbocycles. The van der Waals surface area contributed by atoms with E-state index in [1.54, 1.807) is 12.3 Å². The van der Waals surface area contributed by atoms with E-state index < -0.39 is 0 Å². The zero-order valence-electron chi connectivity index (χ0n) is 13.2. The van der Waals surface area contributed by atoms with Crippen molar-refractivity contribution in [1.82, 2.24) is 9.88 Å². The number of amides is 1. The molecule has 1 amide bonds. The van der Waals surface area contributed by atoms with Crippen molar-refractivity contribution in [3.05, 3.63) is 48.2 Å². The molecule has 2 heterocycles. The second-order valence-electron chi connectivity index (χ2n) is 5.94. The maximum atomic E-state index is 12.5. The topological polar surface area (TPSA) is 53.4 Å². The van der Waals surface area contributed by atoms with Crippen LogP contribution in [0.3, 0.4) is 0 Å². The fraction of sp³-hybridized carbons (Fsp3) is 0.368. The predicted octanol–water partition coefficient (Wildman–Crippen LogP) is 3.01. The van der Waals surface area contributed by atoms with Crippen LogP contribution in [0.2, 0.25) is 0 Å². The Morgan fingerprint density at radius 2 is 2.22 bits per heavy atom. The third-order valence-electron chi connectivity index (χ3n) is 4.44. The van der Waals surface area contributed by atoms with E-state index in [9.17, 15) is 4.79 Å². The SMILES string of the molecule is O=C(/C=C/c1ccnc2ccccc12)N1CCCC1CCCO. The number of carbonyl (C=O) groups excluding carboxylic acids is 1. The van der Waals surface area contributed by atoms with E-state index in [4.69, 9.17) is 5.11 Å². The molecule has 1 aromatic carbocycles. The fourth-order valence-corrected chi connectivity index (χ4v) is 3.27. The summed E-state index contributed by atoms with van der Waals surface area (Å²) in [5, 5.41) is 10.0. The lowest BCUT2D eigenvalue weighted by atomic mass is 10.1. The summed E-state index contributed by atoms with van der Waals surface area (Å²) in [5.41, 5.74) is 1.94. The summed E-state index contributed by atoms with van der Waals surface area (Å²) in [6, 6.07) is 10.1. The summed E-state index contributed by atoms with van der Waals surface area (Å²) < 4.78 is 0. The molecule has 1 aromatic heterocycles. The van der Waals surface area contributed by atoms with Crippen LogP contribution in [0.15, 0.2) is 42.6 Å². The van der Waals surface area contributed by atoms with Gasteiger partial charge in [-0.1, -0.05) is 18.2 Å². The number of rotatable bonds is 5. The van der Waals surface area contributed by atoms with Gasteiger partial charge in [-0.15, -0.1) is 0 Å². The molecule has 3 rings (SSSR count). The van der Waals surface area contributed by atoms with Crippen LogP contribution in [0.25, 0.3) is 17.0 Å². The van der Waals surface area contributed by atoms with E-state index in [1.165, 1.54) is 0 Å². The third-order valence-corrected chi connectivity index (χ3v) is 4.44. The van der Waals surface area contributed by atoms with Crippen molar-refractivity contribution in [2.45, 2.75) is 31.7 Å². The first-order valence-corrected chi connectivity index (χ1v) is 8.23. The van der Waals surface area contributed by atoms with E-state index in [1.807, 2.05) is 41.3 Å². The van der Waals surface area contributed by atoms with Crippen LogP contribution in [-0.2, 0) is 4.79 Å². The molecule has 2 aromatic rings. The van der Waals surface area contributed by atoms with Crippen molar-refractivity contribution in [3.8, 4) is 0 Å². The van der Waals surface area contributed by atoms with Gasteiger partial charge in [0.2, 0.25) is 5.91 Å². The van der Waals surface area contributed by atoms with E-state index in [0.717, 1.165) is 48.7 Å². The number of aliphatic hydroxyl groups is 1. The lowest BCUT2D eigenvalue weighted by Gasteiger charge is -2.23. The van der Waals surface area contributed by atoms with Crippen LogP contribution in [0.5, 0.6) is 0 Å². The number of fused-ring (bicyclic) bond motifs is 1. The lowest BCUT2D eigenvalue weighted by Crippen LogP contribution is -2.34. The minimum Gasteiger partial charge on any atom is -0.396 e. The van der Waals surface area contributed by atoms with Gasteiger partial charge in [-0.05, 0) is 49.5 Å². The third kappa shape index (κ3) is 3.59. The van der Waals surface area contributed by atoms with E-state index in [2.05, 4.69) is 4.98 Å². The van der Waals surface area contributed by atoms with Crippen molar-refractivity contribution < 1.29 is 9.90 Å². The van der Waals surface area contributed by atoms with Crippen molar-refractivity contribution in [2.75, 3.05) is 13.2 Å². The molecule has 4 nitrogen and oxygen atoms in total. The Labute approximate surface area is 136 Å². The highest BCUT2D eigenvalue weighted by molar-refractivity contribution is 5.95. The Morgan fingerprint density at radius 3 is 3.09 bits per heavy atom. The minimum absolute atomic E-state index is 0.0614. The van der Waals surface area contributed by atoms with Gasteiger partial charge < -0.3 is 10.0 Å². The summed E-state index contributed by atoms with van der Waals surface area (Å²) in [6.45, 7) is 1.01. The smallest absolute Gasteiger partial charge is 0.246 e. The molecule has 1 aliphatic rings. The first-order chi connectivity index (χ1) is 11.3. The van der Waals surface area contributed by atoms with E-state index in [-0.39, 0.29) is 18.6 Å². The zero-order valence-corrected chi connectivity index (χ0v) is 13.2.